The van der Waals surface area contributed by atoms with Crippen LogP contribution in [0, 0.1) is 0 Å². The summed E-state index contributed by atoms with van der Waals surface area (Å²) in [6.07, 6.45) is 1.58. The number of oxazole rings is 1. The van der Waals surface area contributed by atoms with E-state index in [0.29, 0.717) is 16.8 Å². The van der Waals surface area contributed by atoms with E-state index in [9.17, 15) is 13.2 Å². The van der Waals surface area contributed by atoms with Crippen LogP contribution in [0.2, 0.25) is 0 Å². The van der Waals surface area contributed by atoms with Crippen LogP contribution in [-0.2, 0) is 20.6 Å². The molecule has 152 valence electrons. The molecule has 0 saturated carbocycles. The summed E-state index contributed by atoms with van der Waals surface area (Å²) < 4.78 is 41.3. The Balaban J connectivity index is 1.66. The summed E-state index contributed by atoms with van der Waals surface area (Å²) in [7, 11) is -2.87. The molecule has 2 aromatic heterocycles. The first-order valence-electron chi connectivity index (χ1n) is 8.86. The lowest BCUT2D eigenvalue weighted by atomic mass is 10.1. The lowest BCUT2D eigenvalue weighted by molar-refractivity contribution is 0.0600. The summed E-state index contributed by atoms with van der Waals surface area (Å²) in [5, 5.41) is 0. The third kappa shape index (κ3) is 4.01. The first-order valence-corrected chi connectivity index (χ1v) is 10.4. The molecule has 0 fully saturated rings. The average molecular weight is 424 g/mol. The molecule has 0 spiro atoms. The highest BCUT2D eigenvalue weighted by molar-refractivity contribution is 7.86. The molecule has 0 unspecified atom stereocenters. The molecule has 0 bridgehead atoms. The predicted octanol–water partition coefficient (Wildman–Crippen LogP) is 3.59. The third-order valence-electron chi connectivity index (χ3n) is 4.25. The summed E-state index contributed by atoms with van der Waals surface area (Å²) in [5.74, 6) is -0.897. The van der Waals surface area contributed by atoms with Crippen LogP contribution in [0.15, 0.2) is 71.3 Å². The van der Waals surface area contributed by atoms with Gasteiger partial charge in [0, 0.05) is 6.20 Å². The molecule has 0 radical (unpaired) electrons. The monoisotopic (exact) mass is 424 g/mol. The summed E-state index contributed by atoms with van der Waals surface area (Å²) in [4.78, 5) is 20.3. The molecule has 0 aliphatic carbocycles. The number of aromatic nitrogens is 2. The van der Waals surface area contributed by atoms with Crippen molar-refractivity contribution in [2.45, 2.75) is 5.75 Å². The summed E-state index contributed by atoms with van der Waals surface area (Å²) >= 11 is 0. The van der Waals surface area contributed by atoms with Crippen molar-refractivity contribution in [1.29, 1.82) is 0 Å². The molecular formula is C21H16N2O6S. The zero-order valence-electron chi connectivity index (χ0n) is 15.8. The number of rotatable bonds is 6. The number of hydrogen-bond acceptors (Lipinski definition) is 8. The van der Waals surface area contributed by atoms with Gasteiger partial charge in [-0.05, 0) is 35.9 Å². The molecule has 0 saturated heterocycles. The molecule has 0 atom stereocenters. The van der Waals surface area contributed by atoms with Crippen molar-refractivity contribution in [1.82, 2.24) is 9.97 Å². The van der Waals surface area contributed by atoms with Crippen molar-refractivity contribution in [3.8, 4) is 17.2 Å². The number of methoxy groups -OCH3 is 1. The zero-order chi connectivity index (χ0) is 21.1. The Hall–Kier alpha value is -3.72. The summed E-state index contributed by atoms with van der Waals surface area (Å²) in [5.41, 5.74) is 1.66. The maximum absolute atomic E-state index is 12.8. The molecule has 9 heteroatoms. The summed E-state index contributed by atoms with van der Waals surface area (Å²) in [6.45, 7) is 0. The lowest BCUT2D eigenvalue weighted by Gasteiger charge is -2.11. The van der Waals surface area contributed by atoms with Gasteiger partial charge in [0.2, 0.25) is 5.89 Å². The zero-order valence-corrected chi connectivity index (χ0v) is 16.6. The normalized spacial score (nSPS) is 11.4. The number of fused-ring (bicyclic) bond motifs is 1. The van der Waals surface area contributed by atoms with Gasteiger partial charge in [-0.15, -0.1) is 0 Å². The van der Waals surface area contributed by atoms with E-state index in [4.69, 9.17) is 13.3 Å². The minimum atomic E-state index is -4.11. The van der Waals surface area contributed by atoms with Crippen LogP contribution < -0.4 is 4.18 Å². The molecule has 4 rings (SSSR count). The Kier molecular flexibility index (Phi) is 5.20. The average Bonchev–Trinajstić information content (AvgIpc) is 3.17. The molecule has 0 aliphatic rings. The second-order valence-electron chi connectivity index (χ2n) is 6.27. The van der Waals surface area contributed by atoms with Crippen molar-refractivity contribution in [2.75, 3.05) is 7.11 Å². The number of esters is 1. The van der Waals surface area contributed by atoms with Gasteiger partial charge < -0.3 is 13.3 Å². The number of carbonyl (C=O) groups is 1. The topological polar surface area (TPSA) is 109 Å². The molecule has 0 amide bonds. The standard InChI is InChI=1S/C21H16N2O6S/c1-27-21(24)15-8-3-2-7-14(15)13-30(25,26)29-17-10-5-4-9-16(17)20-23-19-18(28-20)11-6-12-22-19/h2-12H,13H2,1H3. The van der Waals surface area contributed by atoms with Crippen molar-refractivity contribution < 1.29 is 26.5 Å². The Labute approximate surface area is 172 Å². The Morgan fingerprint density at radius 2 is 1.80 bits per heavy atom. The van der Waals surface area contributed by atoms with Crippen molar-refractivity contribution in [2.24, 2.45) is 0 Å². The van der Waals surface area contributed by atoms with E-state index in [1.807, 2.05) is 0 Å². The van der Waals surface area contributed by atoms with Crippen LogP contribution >= 0.6 is 0 Å². The van der Waals surface area contributed by atoms with E-state index in [1.54, 1.807) is 48.7 Å². The Morgan fingerprint density at radius 3 is 2.60 bits per heavy atom. The second kappa shape index (κ2) is 7.96. The van der Waals surface area contributed by atoms with Gasteiger partial charge in [0.15, 0.2) is 17.0 Å². The first-order chi connectivity index (χ1) is 14.5. The summed E-state index contributed by atoms with van der Waals surface area (Å²) in [6, 6.07) is 16.2. The number of carbonyl (C=O) groups excluding carboxylic acids is 1. The smallest absolute Gasteiger partial charge is 0.338 e. The number of benzene rings is 2. The minimum absolute atomic E-state index is 0.0552. The fourth-order valence-corrected chi connectivity index (χ4v) is 4.02. The van der Waals surface area contributed by atoms with Crippen LogP contribution in [-0.4, -0.2) is 31.5 Å². The van der Waals surface area contributed by atoms with Crippen molar-refractivity contribution in [3.63, 3.8) is 0 Å². The molecule has 0 N–H and O–H groups in total. The van der Waals surface area contributed by atoms with Gasteiger partial charge in [0.05, 0.1) is 18.2 Å². The van der Waals surface area contributed by atoms with Crippen LogP contribution in [0.4, 0.5) is 0 Å². The molecule has 0 aliphatic heterocycles. The van der Waals surface area contributed by atoms with Crippen LogP contribution in [0.1, 0.15) is 15.9 Å². The van der Waals surface area contributed by atoms with E-state index in [2.05, 4.69) is 9.97 Å². The third-order valence-corrected chi connectivity index (χ3v) is 5.35. The fourth-order valence-electron chi connectivity index (χ4n) is 2.91. The Bertz CT molecular complexity index is 1300. The Morgan fingerprint density at radius 1 is 1.03 bits per heavy atom. The lowest BCUT2D eigenvalue weighted by Crippen LogP contribution is -2.15. The molecule has 2 aromatic carbocycles. The van der Waals surface area contributed by atoms with Gasteiger partial charge in [-0.3, -0.25) is 0 Å². The van der Waals surface area contributed by atoms with Gasteiger partial charge in [0.25, 0.3) is 0 Å². The quantitative estimate of drug-likeness (QED) is 0.341. The van der Waals surface area contributed by atoms with Crippen LogP contribution in [0.25, 0.3) is 22.7 Å². The van der Waals surface area contributed by atoms with E-state index < -0.39 is 21.8 Å². The maximum Gasteiger partial charge on any atom is 0.338 e. The van der Waals surface area contributed by atoms with E-state index >= 15 is 0 Å². The molecule has 30 heavy (non-hydrogen) atoms. The van der Waals surface area contributed by atoms with Crippen LogP contribution in [0.5, 0.6) is 5.75 Å². The SMILES string of the molecule is COC(=O)c1ccccc1CS(=O)(=O)Oc1ccccc1-c1nc2ncccc2o1. The molecule has 2 heterocycles. The second-order valence-corrected chi connectivity index (χ2v) is 7.85. The van der Waals surface area contributed by atoms with Crippen molar-refractivity contribution >= 4 is 27.3 Å². The number of pyridine rings is 1. The number of nitrogens with zero attached hydrogens (tertiary/aromatic N) is 2. The predicted molar refractivity (Wildman–Crippen MR) is 108 cm³/mol. The highest BCUT2D eigenvalue weighted by Gasteiger charge is 2.22. The number of para-hydroxylation sites is 1. The van der Waals surface area contributed by atoms with Gasteiger partial charge in [-0.1, -0.05) is 30.3 Å². The van der Waals surface area contributed by atoms with Gasteiger partial charge >= 0.3 is 16.1 Å². The van der Waals surface area contributed by atoms with E-state index in [1.165, 1.54) is 25.3 Å². The van der Waals surface area contributed by atoms with E-state index in [-0.39, 0.29) is 22.8 Å². The van der Waals surface area contributed by atoms with Crippen molar-refractivity contribution in [3.05, 3.63) is 78.0 Å². The minimum Gasteiger partial charge on any atom is -0.465 e. The molecule has 8 nitrogen and oxygen atoms in total. The van der Waals surface area contributed by atoms with Gasteiger partial charge in [-0.2, -0.15) is 13.4 Å². The molecule has 4 aromatic rings. The number of ether oxygens (including phenoxy) is 1. The van der Waals surface area contributed by atoms with Crippen LogP contribution in [0.3, 0.4) is 0 Å². The number of hydrogen-bond donors (Lipinski definition) is 0. The fraction of sp³-hybridized carbons (Fsp3) is 0.0952. The maximum atomic E-state index is 12.8. The van der Waals surface area contributed by atoms with E-state index in [0.717, 1.165) is 0 Å². The largest absolute Gasteiger partial charge is 0.465 e. The van der Waals surface area contributed by atoms with Gasteiger partial charge in [-0.25, -0.2) is 9.78 Å². The van der Waals surface area contributed by atoms with Gasteiger partial charge in [0.1, 0.15) is 5.75 Å². The first kappa shape index (κ1) is 19.6. The molecular weight excluding hydrogens is 408 g/mol. The highest BCUT2D eigenvalue weighted by atomic mass is 32.2. The highest BCUT2D eigenvalue weighted by Crippen LogP contribution is 2.32.